The molecule has 1 heterocycles. The Kier molecular flexibility index (Phi) is 8.71. The highest BCUT2D eigenvalue weighted by Gasteiger charge is 1.99. The summed E-state index contributed by atoms with van der Waals surface area (Å²) in [6.45, 7) is 0.870. The number of carbonyl (C=O) groups excluding carboxylic acids is 1. The molecule has 0 fully saturated rings. The van der Waals surface area contributed by atoms with Gasteiger partial charge in [0.05, 0.1) is 0 Å². The van der Waals surface area contributed by atoms with Gasteiger partial charge in [-0.3, -0.25) is 4.79 Å². The molecular weight excluding hydrogens is 210 g/mol. The Bertz CT molecular complexity index is 223. The van der Waals surface area contributed by atoms with Crippen LogP contribution in [0.1, 0.15) is 70.6 Å². The van der Waals surface area contributed by atoms with Crippen molar-refractivity contribution in [1.29, 1.82) is 0 Å². The van der Waals surface area contributed by atoms with E-state index in [0.717, 1.165) is 25.8 Å². The van der Waals surface area contributed by atoms with Crippen LogP contribution in [-0.4, -0.2) is 12.5 Å². The molecule has 17 heavy (non-hydrogen) atoms. The zero-order chi connectivity index (χ0) is 12.2. The molecule has 0 aromatic rings. The van der Waals surface area contributed by atoms with E-state index in [2.05, 4.69) is 17.5 Å². The van der Waals surface area contributed by atoms with Crippen molar-refractivity contribution in [1.82, 2.24) is 5.32 Å². The molecule has 0 aromatic carbocycles. The lowest BCUT2D eigenvalue weighted by molar-refractivity contribution is -0.121. The van der Waals surface area contributed by atoms with E-state index in [-0.39, 0.29) is 5.91 Å². The first kappa shape index (κ1) is 14.3. The van der Waals surface area contributed by atoms with Gasteiger partial charge in [0.25, 0.3) is 0 Å². The average Bonchev–Trinajstić information content (AvgIpc) is 2.32. The minimum atomic E-state index is 0.227. The summed E-state index contributed by atoms with van der Waals surface area (Å²) in [5.41, 5.74) is 0. The quantitative estimate of drug-likeness (QED) is 0.635. The van der Waals surface area contributed by atoms with Gasteiger partial charge in [0.1, 0.15) is 0 Å². The van der Waals surface area contributed by atoms with Crippen LogP contribution in [0.2, 0.25) is 0 Å². The summed E-state index contributed by atoms with van der Waals surface area (Å²) >= 11 is 0. The second-order valence-electron chi connectivity index (χ2n) is 4.98. The van der Waals surface area contributed by atoms with Crippen molar-refractivity contribution in [2.75, 3.05) is 6.54 Å². The molecule has 2 heteroatoms. The first-order valence-corrected chi connectivity index (χ1v) is 7.31. The molecule has 0 aliphatic carbocycles. The Morgan fingerprint density at radius 2 is 1.35 bits per heavy atom. The zero-order valence-corrected chi connectivity index (χ0v) is 11.0. The highest BCUT2D eigenvalue weighted by molar-refractivity contribution is 5.75. The fourth-order valence-corrected chi connectivity index (χ4v) is 2.20. The van der Waals surface area contributed by atoms with E-state index in [1.54, 1.807) is 0 Å². The Balaban J connectivity index is 2.19. The van der Waals surface area contributed by atoms with Crippen LogP contribution in [0.4, 0.5) is 0 Å². The van der Waals surface area contributed by atoms with E-state index in [4.69, 9.17) is 0 Å². The van der Waals surface area contributed by atoms with Crippen molar-refractivity contribution in [3.05, 3.63) is 12.2 Å². The van der Waals surface area contributed by atoms with Gasteiger partial charge in [0.2, 0.25) is 5.91 Å². The zero-order valence-electron chi connectivity index (χ0n) is 11.0. The molecule has 0 bridgehead atoms. The predicted molar refractivity (Wildman–Crippen MR) is 72.9 cm³/mol. The number of amides is 1. The molecule has 0 radical (unpaired) electrons. The van der Waals surface area contributed by atoms with Crippen LogP contribution in [0.25, 0.3) is 0 Å². The van der Waals surface area contributed by atoms with Gasteiger partial charge in [-0.25, -0.2) is 0 Å². The van der Waals surface area contributed by atoms with Crippen LogP contribution in [0.15, 0.2) is 12.2 Å². The van der Waals surface area contributed by atoms with Crippen molar-refractivity contribution < 1.29 is 4.79 Å². The van der Waals surface area contributed by atoms with Crippen LogP contribution in [0.5, 0.6) is 0 Å². The Hall–Kier alpha value is -0.790. The van der Waals surface area contributed by atoms with E-state index in [1.165, 1.54) is 44.9 Å². The molecule has 1 N–H and O–H groups in total. The van der Waals surface area contributed by atoms with Crippen LogP contribution in [-0.2, 0) is 4.79 Å². The average molecular weight is 237 g/mol. The third kappa shape index (κ3) is 8.96. The maximum Gasteiger partial charge on any atom is 0.220 e. The third-order valence-electron chi connectivity index (χ3n) is 3.31. The summed E-state index contributed by atoms with van der Waals surface area (Å²) in [5, 5.41) is 3.00. The molecular formula is C15H27NO. The second-order valence-corrected chi connectivity index (χ2v) is 4.98. The minimum Gasteiger partial charge on any atom is -0.356 e. The number of hydrogen-bond donors (Lipinski definition) is 1. The lowest BCUT2D eigenvalue weighted by atomic mass is 10.1. The van der Waals surface area contributed by atoms with Gasteiger partial charge in [-0.15, -0.1) is 0 Å². The number of hydrogen-bond acceptors (Lipinski definition) is 1. The van der Waals surface area contributed by atoms with Gasteiger partial charge in [0.15, 0.2) is 0 Å². The molecule has 1 amide bonds. The maximum absolute atomic E-state index is 11.4. The first-order chi connectivity index (χ1) is 8.39. The fourth-order valence-electron chi connectivity index (χ4n) is 2.20. The van der Waals surface area contributed by atoms with E-state index >= 15 is 0 Å². The highest BCUT2D eigenvalue weighted by Crippen LogP contribution is 2.09. The molecule has 98 valence electrons. The molecule has 1 rings (SSSR count). The number of nitrogens with one attached hydrogen (secondary N) is 1. The van der Waals surface area contributed by atoms with Crippen LogP contribution in [0.3, 0.4) is 0 Å². The Labute approximate surface area is 106 Å². The lowest BCUT2D eigenvalue weighted by Gasteiger charge is -2.05. The van der Waals surface area contributed by atoms with Gasteiger partial charge >= 0.3 is 0 Å². The Morgan fingerprint density at radius 1 is 0.765 bits per heavy atom. The third-order valence-corrected chi connectivity index (χ3v) is 3.31. The largest absolute Gasteiger partial charge is 0.356 e. The van der Waals surface area contributed by atoms with Crippen LogP contribution < -0.4 is 5.32 Å². The van der Waals surface area contributed by atoms with Crippen molar-refractivity contribution in [3.8, 4) is 0 Å². The fraction of sp³-hybridized carbons (Fsp3) is 0.800. The van der Waals surface area contributed by atoms with Crippen molar-refractivity contribution in [3.63, 3.8) is 0 Å². The highest BCUT2D eigenvalue weighted by atomic mass is 16.1. The van der Waals surface area contributed by atoms with Gasteiger partial charge in [-0.05, 0) is 32.1 Å². The standard InChI is InChI=1S/C15H27NO/c17-15-13-11-9-7-5-3-1-2-4-6-8-10-12-14-16-15/h5,7H,1-4,6,8-14H2,(H,16,17). The minimum absolute atomic E-state index is 0.227. The molecule has 0 unspecified atom stereocenters. The number of carbonyl (C=O) groups is 1. The van der Waals surface area contributed by atoms with Crippen LogP contribution >= 0.6 is 0 Å². The smallest absolute Gasteiger partial charge is 0.220 e. The van der Waals surface area contributed by atoms with Crippen molar-refractivity contribution >= 4 is 5.91 Å². The summed E-state index contributed by atoms with van der Waals surface area (Å²) in [4.78, 5) is 11.4. The van der Waals surface area contributed by atoms with Gasteiger partial charge in [0, 0.05) is 13.0 Å². The first-order valence-electron chi connectivity index (χ1n) is 7.31. The normalized spacial score (nSPS) is 22.0. The van der Waals surface area contributed by atoms with Gasteiger partial charge in [-0.2, -0.15) is 0 Å². The second kappa shape index (κ2) is 10.4. The van der Waals surface area contributed by atoms with Gasteiger partial charge in [-0.1, -0.05) is 44.3 Å². The SMILES string of the molecule is O=C1CCCC=CCCCCCCCCCN1. The van der Waals surface area contributed by atoms with E-state index in [9.17, 15) is 4.79 Å². The summed E-state index contributed by atoms with van der Waals surface area (Å²) in [7, 11) is 0. The number of allylic oxidation sites excluding steroid dienone is 2. The van der Waals surface area contributed by atoms with E-state index < -0.39 is 0 Å². The maximum atomic E-state index is 11.4. The molecule has 1 aliphatic heterocycles. The summed E-state index contributed by atoms with van der Waals surface area (Å²) < 4.78 is 0. The lowest BCUT2D eigenvalue weighted by Crippen LogP contribution is -2.23. The summed E-state index contributed by atoms with van der Waals surface area (Å²) in [5.74, 6) is 0.227. The Morgan fingerprint density at radius 3 is 2.12 bits per heavy atom. The van der Waals surface area contributed by atoms with E-state index in [1.807, 2.05) is 0 Å². The molecule has 0 spiro atoms. The summed E-state index contributed by atoms with van der Waals surface area (Å²) in [6.07, 6.45) is 17.6. The predicted octanol–water partition coefficient (Wildman–Crippen LogP) is 3.96. The van der Waals surface area contributed by atoms with Crippen LogP contribution in [0, 0.1) is 0 Å². The molecule has 0 saturated heterocycles. The monoisotopic (exact) mass is 237 g/mol. The molecule has 1 aliphatic rings. The molecule has 0 saturated carbocycles. The van der Waals surface area contributed by atoms with Crippen molar-refractivity contribution in [2.24, 2.45) is 0 Å². The van der Waals surface area contributed by atoms with Gasteiger partial charge < -0.3 is 5.32 Å². The summed E-state index contributed by atoms with van der Waals surface area (Å²) in [6, 6.07) is 0. The topological polar surface area (TPSA) is 29.1 Å². The number of rotatable bonds is 0. The molecule has 0 aromatic heterocycles. The van der Waals surface area contributed by atoms with E-state index in [0.29, 0.717) is 6.42 Å². The van der Waals surface area contributed by atoms with Crippen molar-refractivity contribution in [2.45, 2.75) is 70.6 Å². The molecule has 0 atom stereocenters. The molecule has 2 nitrogen and oxygen atoms in total.